The fourth-order valence-corrected chi connectivity index (χ4v) is 2.87. The molecule has 3 rings (SSSR count). The molecule has 0 aliphatic carbocycles. The standard InChI is InChI=1S/C23H21N3O4/c24-20(13-22(28)29)19-3-1-2-4-21(19)25-14-15-5-9-17(10-6-15)26-23(30)16-7-11-18(27)12-8-16/h1-12,24-25,27H,13-14H2,(H,26,30)(H,28,29). The summed E-state index contributed by atoms with van der Waals surface area (Å²) in [5.41, 5.74) is 3.32. The van der Waals surface area contributed by atoms with Crippen molar-refractivity contribution in [3.63, 3.8) is 0 Å². The summed E-state index contributed by atoms with van der Waals surface area (Å²) in [6, 6.07) is 20.4. The van der Waals surface area contributed by atoms with E-state index in [0.717, 1.165) is 5.56 Å². The molecule has 0 aromatic heterocycles. The van der Waals surface area contributed by atoms with Crippen LogP contribution in [-0.4, -0.2) is 27.8 Å². The predicted molar refractivity (Wildman–Crippen MR) is 115 cm³/mol. The van der Waals surface area contributed by atoms with Gasteiger partial charge >= 0.3 is 5.97 Å². The first-order valence-corrected chi connectivity index (χ1v) is 9.24. The van der Waals surface area contributed by atoms with E-state index in [2.05, 4.69) is 10.6 Å². The first-order chi connectivity index (χ1) is 14.4. The monoisotopic (exact) mass is 403 g/mol. The third-order valence-corrected chi connectivity index (χ3v) is 4.40. The van der Waals surface area contributed by atoms with Crippen molar-refractivity contribution in [1.82, 2.24) is 0 Å². The lowest BCUT2D eigenvalue weighted by Gasteiger charge is -2.13. The molecular weight excluding hydrogens is 382 g/mol. The highest BCUT2D eigenvalue weighted by molar-refractivity contribution is 6.10. The summed E-state index contributed by atoms with van der Waals surface area (Å²) < 4.78 is 0. The van der Waals surface area contributed by atoms with Crippen molar-refractivity contribution in [2.24, 2.45) is 0 Å². The summed E-state index contributed by atoms with van der Waals surface area (Å²) in [6.45, 7) is 0.476. The Morgan fingerprint density at radius 2 is 1.57 bits per heavy atom. The van der Waals surface area contributed by atoms with Crippen LogP contribution in [0.4, 0.5) is 11.4 Å². The molecule has 3 aromatic rings. The van der Waals surface area contributed by atoms with Gasteiger partial charge in [-0.2, -0.15) is 0 Å². The maximum atomic E-state index is 12.2. The van der Waals surface area contributed by atoms with Gasteiger partial charge in [0.15, 0.2) is 0 Å². The van der Waals surface area contributed by atoms with E-state index < -0.39 is 5.97 Å². The second-order valence-corrected chi connectivity index (χ2v) is 6.65. The number of hydrogen-bond acceptors (Lipinski definition) is 5. The fourth-order valence-electron chi connectivity index (χ4n) is 2.87. The van der Waals surface area contributed by atoms with Gasteiger partial charge in [-0.25, -0.2) is 0 Å². The summed E-state index contributed by atoms with van der Waals surface area (Å²) in [7, 11) is 0. The molecule has 1 amide bonds. The molecule has 152 valence electrons. The molecule has 0 aliphatic heterocycles. The number of carboxylic acids is 1. The van der Waals surface area contributed by atoms with Crippen LogP contribution in [0.1, 0.15) is 27.9 Å². The number of aliphatic carboxylic acids is 1. The molecule has 0 radical (unpaired) electrons. The SMILES string of the molecule is N=C(CC(=O)O)c1ccccc1NCc1ccc(NC(=O)c2ccc(O)cc2)cc1. The molecule has 0 bridgehead atoms. The number of phenols is 1. The summed E-state index contributed by atoms with van der Waals surface area (Å²) in [6.07, 6.45) is -0.339. The van der Waals surface area contributed by atoms with E-state index >= 15 is 0 Å². The molecule has 0 aliphatic rings. The largest absolute Gasteiger partial charge is 0.508 e. The van der Waals surface area contributed by atoms with Crippen LogP contribution in [0.5, 0.6) is 5.75 Å². The Balaban J connectivity index is 1.61. The molecule has 0 atom stereocenters. The first-order valence-electron chi connectivity index (χ1n) is 9.24. The van der Waals surface area contributed by atoms with Crippen LogP contribution in [0.15, 0.2) is 72.8 Å². The number of benzene rings is 3. The normalized spacial score (nSPS) is 10.3. The van der Waals surface area contributed by atoms with Crippen LogP contribution in [-0.2, 0) is 11.3 Å². The van der Waals surface area contributed by atoms with Crippen molar-refractivity contribution in [2.75, 3.05) is 10.6 Å². The minimum atomic E-state index is -1.04. The number of amides is 1. The Kier molecular flexibility index (Phi) is 6.44. The topological polar surface area (TPSA) is 123 Å². The average molecular weight is 403 g/mol. The number of carbonyl (C=O) groups is 2. The highest BCUT2D eigenvalue weighted by Crippen LogP contribution is 2.19. The maximum Gasteiger partial charge on any atom is 0.309 e. The molecule has 0 saturated carbocycles. The van der Waals surface area contributed by atoms with Crippen LogP contribution in [0.3, 0.4) is 0 Å². The second-order valence-electron chi connectivity index (χ2n) is 6.65. The molecule has 0 heterocycles. The number of nitrogens with one attached hydrogen (secondary N) is 3. The number of para-hydroxylation sites is 1. The zero-order valence-corrected chi connectivity index (χ0v) is 16.1. The van der Waals surface area contributed by atoms with E-state index in [0.29, 0.717) is 29.0 Å². The molecule has 30 heavy (non-hydrogen) atoms. The van der Waals surface area contributed by atoms with Gasteiger partial charge in [-0.1, -0.05) is 30.3 Å². The van der Waals surface area contributed by atoms with Gasteiger partial charge in [0.2, 0.25) is 0 Å². The average Bonchev–Trinajstić information content (AvgIpc) is 2.73. The Bertz CT molecular complexity index is 1060. The highest BCUT2D eigenvalue weighted by Gasteiger charge is 2.11. The number of phenolic OH excluding ortho intramolecular Hbond substituents is 1. The van der Waals surface area contributed by atoms with Gasteiger partial charge in [0, 0.05) is 29.0 Å². The molecule has 0 spiro atoms. The minimum Gasteiger partial charge on any atom is -0.508 e. The molecule has 5 N–H and O–H groups in total. The number of carboxylic acid groups (broad SMARTS) is 1. The maximum absolute atomic E-state index is 12.2. The molecule has 0 fully saturated rings. The van der Waals surface area contributed by atoms with E-state index in [4.69, 9.17) is 10.5 Å². The van der Waals surface area contributed by atoms with Gasteiger partial charge in [0.05, 0.1) is 12.1 Å². The lowest BCUT2D eigenvalue weighted by Crippen LogP contribution is -2.12. The lowest BCUT2D eigenvalue weighted by atomic mass is 10.0. The summed E-state index contributed by atoms with van der Waals surface area (Å²) >= 11 is 0. The van der Waals surface area contributed by atoms with Crippen LogP contribution in [0.25, 0.3) is 0 Å². The van der Waals surface area contributed by atoms with Crippen molar-refractivity contribution in [2.45, 2.75) is 13.0 Å². The van der Waals surface area contributed by atoms with E-state index in [1.54, 1.807) is 42.5 Å². The minimum absolute atomic E-state index is 0.0397. The lowest BCUT2D eigenvalue weighted by molar-refractivity contribution is -0.135. The molecule has 7 nitrogen and oxygen atoms in total. The zero-order chi connectivity index (χ0) is 21.5. The summed E-state index contributed by atoms with van der Waals surface area (Å²) in [5, 5.41) is 32.2. The molecular formula is C23H21N3O4. The molecule has 3 aromatic carbocycles. The van der Waals surface area contributed by atoms with E-state index in [1.165, 1.54) is 12.1 Å². The molecule has 7 heteroatoms. The van der Waals surface area contributed by atoms with Crippen molar-refractivity contribution in [3.8, 4) is 5.75 Å². The van der Waals surface area contributed by atoms with Gasteiger partial charge in [-0.15, -0.1) is 0 Å². The quantitative estimate of drug-likeness (QED) is 0.363. The number of carbonyl (C=O) groups excluding carboxylic acids is 1. The second kappa shape index (κ2) is 9.38. The Morgan fingerprint density at radius 3 is 2.23 bits per heavy atom. The zero-order valence-electron chi connectivity index (χ0n) is 16.1. The van der Waals surface area contributed by atoms with Crippen LogP contribution >= 0.6 is 0 Å². The van der Waals surface area contributed by atoms with Crippen molar-refractivity contribution < 1.29 is 19.8 Å². The highest BCUT2D eigenvalue weighted by atomic mass is 16.4. The van der Waals surface area contributed by atoms with Crippen LogP contribution in [0, 0.1) is 5.41 Å². The Morgan fingerprint density at radius 1 is 0.900 bits per heavy atom. The smallest absolute Gasteiger partial charge is 0.309 e. The number of aromatic hydroxyl groups is 1. The molecule has 0 unspecified atom stereocenters. The van der Waals surface area contributed by atoms with Crippen molar-refractivity contribution >= 4 is 29.0 Å². The van der Waals surface area contributed by atoms with Gasteiger partial charge in [-0.3, -0.25) is 9.59 Å². The molecule has 0 saturated heterocycles. The van der Waals surface area contributed by atoms with E-state index in [1.807, 2.05) is 18.2 Å². The van der Waals surface area contributed by atoms with Crippen LogP contribution in [0.2, 0.25) is 0 Å². The third kappa shape index (κ3) is 5.45. The number of anilines is 2. The Labute approximate surface area is 173 Å². The predicted octanol–water partition coefficient (Wildman–Crippen LogP) is 4.10. The van der Waals surface area contributed by atoms with E-state index in [9.17, 15) is 14.7 Å². The summed E-state index contributed by atoms with van der Waals surface area (Å²) in [4.78, 5) is 23.1. The van der Waals surface area contributed by atoms with Gasteiger partial charge < -0.3 is 26.3 Å². The van der Waals surface area contributed by atoms with Crippen LogP contribution < -0.4 is 10.6 Å². The first kappa shape index (κ1) is 20.6. The third-order valence-electron chi connectivity index (χ3n) is 4.40. The van der Waals surface area contributed by atoms with Crippen molar-refractivity contribution in [3.05, 3.63) is 89.5 Å². The van der Waals surface area contributed by atoms with E-state index in [-0.39, 0.29) is 23.8 Å². The van der Waals surface area contributed by atoms with Crippen molar-refractivity contribution in [1.29, 1.82) is 5.41 Å². The van der Waals surface area contributed by atoms with Gasteiger partial charge in [0.1, 0.15) is 5.75 Å². The van der Waals surface area contributed by atoms with Gasteiger partial charge in [-0.05, 0) is 48.0 Å². The van der Waals surface area contributed by atoms with Gasteiger partial charge in [0.25, 0.3) is 5.91 Å². The summed E-state index contributed by atoms with van der Waals surface area (Å²) in [5.74, 6) is -1.21. The number of rotatable bonds is 8. The Hall–Kier alpha value is -4.13. The number of hydrogen-bond donors (Lipinski definition) is 5. The fraction of sp³-hybridized carbons (Fsp3) is 0.0870.